The minimum atomic E-state index is -1.03. The molecule has 88 valence electrons. The first-order valence-electron chi connectivity index (χ1n) is 4.86. The smallest absolute Gasteiger partial charge is 0.338 e. The highest BCUT2D eigenvalue weighted by atomic mass is 32.1. The maximum absolute atomic E-state index is 10.6. The third-order valence-electron chi connectivity index (χ3n) is 2.00. The molecule has 0 aliphatic carbocycles. The number of hydrogen-bond acceptors (Lipinski definition) is 6. The van der Waals surface area contributed by atoms with E-state index in [2.05, 4.69) is 19.7 Å². The maximum Gasteiger partial charge on any atom is 0.338 e. The normalized spacial score (nSPS) is 10.2. The van der Waals surface area contributed by atoms with Gasteiger partial charge in [-0.2, -0.15) is 4.37 Å². The van der Waals surface area contributed by atoms with Crippen LogP contribution in [0.1, 0.15) is 20.9 Å². The van der Waals surface area contributed by atoms with Crippen LogP contribution in [0.3, 0.4) is 0 Å². The number of hydrogen-bond donors (Lipinski definition) is 2. The van der Waals surface area contributed by atoms with E-state index >= 15 is 0 Å². The summed E-state index contributed by atoms with van der Waals surface area (Å²) >= 11 is 1.41. The summed E-state index contributed by atoms with van der Waals surface area (Å²) in [6.07, 6.45) is 2.55. The molecule has 0 radical (unpaired) electrons. The molecule has 0 amide bonds. The van der Waals surface area contributed by atoms with Gasteiger partial charge >= 0.3 is 5.97 Å². The molecule has 2 N–H and O–H groups in total. The van der Waals surface area contributed by atoms with Crippen molar-refractivity contribution >= 4 is 23.5 Å². The fourth-order valence-electron chi connectivity index (χ4n) is 1.20. The predicted octanol–water partition coefficient (Wildman–Crippen LogP) is 1.55. The van der Waals surface area contributed by atoms with Gasteiger partial charge in [-0.25, -0.2) is 14.8 Å². The molecule has 0 spiro atoms. The molecule has 2 heterocycles. The van der Waals surface area contributed by atoms with Crippen LogP contribution in [-0.4, -0.2) is 25.4 Å². The van der Waals surface area contributed by atoms with Crippen molar-refractivity contribution in [1.82, 2.24) is 14.3 Å². The lowest BCUT2D eigenvalue weighted by Crippen LogP contribution is -2.04. The van der Waals surface area contributed by atoms with Crippen molar-refractivity contribution in [3.8, 4) is 0 Å². The number of aromatic nitrogens is 3. The molecule has 17 heavy (non-hydrogen) atoms. The average molecular weight is 250 g/mol. The van der Waals surface area contributed by atoms with E-state index in [9.17, 15) is 4.79 Å². The molecule has 0 unspecified atom stereocenters. The second-order valence-electron chi connectivity index (χ2n) is 3.39. The first-order valence-corrected chi connectivity index (χ1v) is 5.64. The Hall–Kier alpha value is -2.02. The van der Waals surface area contributed by atoms with Crippen LogP contribution in [0.25, 0.3) is 0 Å². The van der Waals surface area contributed by atoms with E-state index in [1.54, 1.807) is 0 Å². The highest BCUT2D eigenvalue weighted by molar-refractivity contribution is 7.05. The van der Waals surface area contributed by atoms with Crippen LogP contribution >= 0.6 is 11.5 Å². The quantitative estimate of drug-likeness (QED) is 0.856. The summed E-state index contributed by atoms with van der Waals surface area (Å²) in [5.74, 6) is -0.629. The molecule has 2 aromatic rings. The van der Waals surface area contributed by atoms with Crippen LogP contribution in [0, 0.1) is 6.92 Å². The third kappa shape index (κ3) is 2.97. The van der Waals surface area contributed by atoms with Gasteiger partial charge in [0.2, 0.25) is 5.95 Å². The summed E-state index contributed by atoms with van der Waals surface area (Å²) in [6, 6.07) is 1.98. The van der Waals surface area contributed by atoms with Crippen LogP contribution in [0.4, 0.5) is 5.95 Å². The molecule has 0 atom stereocenters. The molecular formula is C10H10N4O2S. The standard InChI is InChI=1S/C10H10N4O2S/c1-6-2-8(17-14-6)5-13-10-11-3-7(4-12-10)9(15)16/h2-4H,5H2,1H3,(H,15,16)(H,11,12,13). The van der Waals surface area contributed by atoms with Crippen LogP contribution in [0.5, 0.6) is 0 Å². The van der Waals surface area contributed by atoms with Gasteiger partial charge in [0.05, 0.1) is 17.8 Å². The van der Waals surface area contributed by atoms with Gasteiger partial charge in [-0.15, -0.1) is 0 Å². The average Bonchev–Trinajstić information content (AvgIpc) is 2.73. The minimum absolute atomic E-state index is 0.0733. The maximum atomic E-state index is 10.6. The zero-order valence-electron chi connectivity index (χ0n) is 9.04. The Bertz CT molecular complexity index is 523. The van der Waals surface area contributed by atoms with E-state index in [0.717, 1.165) is 10.6 Å². The molecule has 0 aliphatic heterocycles. The van der Waals surface area contributed by atoms with Gasteiger partial charge in [0, 0.05) is 17.3 Å². The number of rotatable bonds is 4. The largest absolute Gasteiger partial charge is 0.478 e. The molecule has 0 fully saturated rings. The zero-order chi connectivity index (χ0) is 12.3. The zero-order valence-corrected chi connectivity index (χ0v) is 9.86. The monoisotopic (exact) mass is 250 g/mol. The van der Waals surface area contributed by atoms with Gasteiger partial charge in [-0.3, -0.25) is 0 Å². The van der Waals surface area contributed by atoms with Crippen molar-refractivity contribution in [3.05, 3.63) is 34.6 Å². The van der Waals surface area contributed by atoms with Crippen molar-refractivity contribution in [2.75, 3.05) is 5.32 Å². The first-order chi connectivity index (χ1) is 8.15. The predicted molar refractivity (Wildman–Crippen MR) is 63.2 cm³/mol. The Morgan fingerprint density at radius 2 is 2.18 bits per heavy atom. The van der Waals surface area contributed by atoms with E-state index in [-0.39, 0.29) is 5.56 Å². The number of aromatic carboxylic acids is 1. The van der Waals surface area contributed by atoms with E-state index in [4.69, 9.17) is 5.11 Å². The topological polar surface area (TPSA) is 88.0 Å². The first kappa shape index (κ1) is 11.5. The number of carbonyl (C=O) groups is 1. The summed E-state index contributed by atoms with van der Waals surface area (Å²) in [5, 5.41) is 11.7. The second kappa shape index (κ2) is 4.88. The van der Waals surface area contributed by atoms with Gasteiger partial charge in [0.15, 0.2) is 0 Å². The molecular weight excluding hydrogens is 240 g/mol. The molecule has 2 aromatic heterocycles. The van der Waals surface area contributed by atoms with Crippen LogP contribution in [-0.2, 0) is 6.54 Å². The van der Waals surface area contributed by atoms with E-state index < -0.39 is 5.97 Å². The number of nitrogens with one attached hydrogen (secondary N) is 1. The summed E-state index contributed by atoms with van der Waals surface area (Å²) in [5.41, 5.74) is 1.05. The van der Waals surface area contributed by atoms with Crippen molar-refractivity contribution in [1.29, 1.82) is 0 Å². The Balaban J connectivity index is 1.97. The van der Waals surface area contributed by atoms with Gasteiger partial charge in [0.1, 0.15) is 0 Å². The molecule has 0 saturated heterocycles. The molecule has 0 aromatic carbocycles. The van der Waals surface area contributed by atoms with E-state index in [1.165, 1.54) is 23.9 Å². The SMILES string of the molecule is Cc1cc(CNc2ncc(C(=O)O)cn2)sn1. The van der Waals surface area contributed by atoms with Crippen LogP contribution < -0.4 is 5.32 Å². The lowest BCUT2D eigenvalue weighted by atomic mass is 10.3. The Labute approximate surface area is 102 Å². The lowest BCUT2D eigenvalue weighted by Gasteiger charge is -2.01. The molecule has 7 heteroatoms. The number of anilines is 1. The van der Waals surface area contributed by atoms with Crippen LogP contribution in [0.2, 0.25) is 0 Å². The molecule has 0 saturated carbocycles. The molecule has 0 bridgehead atoms. The highest BCUT2D eigenvalue weighted by Crippen LogP contribution is 2.10. The van der Waals surface area contributed by atoms with Crippen molar-refractivity contribution < 1.29 is 9.90 Å². The number of nitrogens with zero attached hydrogens (tertiary/aromatic N) is 3. The van der Waals surface area contributed by atoms with E-state index in [0.29, 0.717) is 12.5 Å². The number of aryl methyl sites for hydroxylation is 1. The van der Waals surface area contributed by atoms with Gasteiger partial charge in [-0.05, 0) is 24.5 Å². The fourth-order valence-corrected chi connectivity index (χ4v) is 1.87. The Morgan fingerprint density at radius 3 is 2.71 bits per heavy atom. The second-order valence-corrected chi connectivity index (χ2v) is 4.28. The van der Waals surface area contributed by atoms with Gasteiger partial charge in [0.25, 0.3) is 0 Å². The molecule has 6 nitrogen and oxygen atoms in total. The summed E-state index contributed by atoms with van der Waals surface area (Å²) in [7, 11) is 0. The van der Waals surface area contributed by atoms with Gasteiger partial charge in [-0.1, -0.05) is 0 Å². The lowest BCUT2D eigenvalue weighted by molar-refractivity contribution is 0.0696. The summed E-state index contributed by atoms with van der Waals surface area (Å²) < 4.78 is 4.15. The Kier molecular flexibility index (Phi) is 3.29. The Morgan fingerprint density at radius 1 is 1.47 bits per heavy atom. The fraction of sp³-hybridized carbons (Fsp3) is 0.200. The van der Waals surface area contributed by atoms with Crippen LogP contribution in [0.15, 0.2) is 18.5 Å². The summed E-state index contributed by atoms with van der Waals surface area (Å²) in [6.45, 7) is 2.51. The van der Waals surface area contributed by atoms with Gasteiger partial charge < -0.3 is 10.4 Å². The number of carboxylic acid groups (broad SMARTS) is 1. The van der Waals surface area contributed by atoms with Crippen molar-refractivity contribution in [3.63, 3.8) is 0 Å². The molecule has 0 aliphatic rings. The van der Waals surface area contributed by atoms with Crippen molar-refractivity contribution in [2.24, 2.45) is 0 Å². The molecule has 2 rings (SSSR count). The van der Waals surface area contributed by atoms with E-state index in [1.807, 2.05) is 13.0 Å². The highest BCUT2D eigenvalue weighted by Gasteiger charge is 2.04. The minimum Gasteiger partial charge on any atom is -0.478 e. The third-order valence-corrected chi connectivity index (χ3v) is 2.87. The summed E-state index contributed by atoms with van der Waals surface area (Å²) in [4.78, 5) is 19.5. The number of carboxylic acids is 1. The van der Waals surface area contributed by atoms with Crippen molar-refractivity contribution in [2.45, 2.75) is 13.5 Å².